The standard InChI is InChI=1S/C13H19N5O2S/c1-11(2)14-7-8-18-10-12(9-16-18)21(19,20)17-13-5-3-4-6-15-13/h3-6,9-11,14H,7-8H2,1-2H3,(H,15,17). The van der Waals surface area contributed by atoms with Crippen LogP contribution >= 0.6 is 0 Å². The highest BCUT2D eigenvalue weighted by molar-refractivity contribution is 7.92. The molecule has 0 fully saturated rings. The number of nitrogens with one attached hydrogen (secondary N) is 2. The summed E-state index contributed by atoms with van der Waals surface area (Å²) in [6.07, 6.45) is 4.37. The summed E-state index contributed by atoms with van der Waals surface area (Å²) in [5.41, 5.74) is 0. The topological polar surface area (TPSA) is 88.9 Å². The minimum Gasteiger partial charge on any atom is -0.313 e. The number of hydrogen-bond donors (Lipinski definition) is 2. The third-order valence-electron chi connectivity index (χ3n) is 2.72. The Kier molecular flexibility index (Phi) is 4.92. The molecular weight excluding hydrogens is 290 g/mol. The monoisotopic (exact) mass is 309 g/mol. The summed E-state index contributed by atoms with van der Waals surface area (Å²) >= 11 is 0. The molecule has 0 amide bonds. The SMILES string of the molecule is CC(C)NCCn1cc(S(=O)(=O)Nc2ccccn2)cn1. The molecular formula is C13H19N5O2S. The first-order chi connectivity index (χ1) is 9.97. The Morgan fingerprint density at radius 2 is 2.14 bits per heavy atom. The van der Waals surface area contributed by atoms with Gasteiger partial charge in [-0.3, -0.25) is 9.40 Å². The average molecular weight is 309 g/mol. The molecule has 0 saturated heterocycles. The molecule has 2 heterocycles. The molecule has 8 heteroatoms. The van der Waals surface area contributed by atoms with Gasteiger partial charge >= 0.3 is 0 Å². The van der Waals surface area contributed by atoms with Crippen molar-refractivity contribution < 1.29 is 8.42 Å². The Balaban J connectivity index is 2.02. The van der Waals surface area contributed by atoms with E-state index in [4.69, 9.17) is 0 Å². The van der Waals surface area contributed by atoms with Crippen LogP contribution in [0.5, 0.6) is 0 Å². The highest BCUT2D eigenvalue weighted by Gasteiger charge is 2.17. The van der Waals surface area contributed by atoms with Gasteiger partial charge in [-0.25, -0.2) is 13.4 Å². The maximum absolute atomic E-state index is 12.2. The van der Waals surface area contributed by atoms with Crippen LogP contribution in [0.4, 0.5) is 5.82 Å². The number of sulfonamides is 1. The third kappa shape index (κ3) is 4.54. The number of aromatic nitrogens is 3. The van der Waals surface area contributed by atoms with E-state index >= 15 is 0 Å². The molecule has 2 rings (SSSR count). The van der Waals surface area contributed by atoms with E-state index in [1.807, 2.05) is 0 Å². The van der Waals surface area contributed by atoms with Crippen molar-refractivity contribution in [2.75, 3.05) is 11.3 Å². The number of nitrogens with zero attached hydrogens (tertiary/aromatic N) is 3. The number of hydrogen-bond acceptors (Lipinski definition) is 5. The Morgan fingerprint density at radius 3 is 2.81 bits per heavy atom. The first kappa shape index (κ1) is 15.5. The molecule has 21 heavy (non-hydrogen) atoms. The van der Waals surface area contributed by atoms with Crippen molar-refractivity contribution >= 4 is 15.8 Å². The largest absolute Gasteiger partial charge is 0.313 e. The average Bonchev–Trinajstić information content (AvgIpc) is 2.88. The molecule has 0 aromatic carbocycles. The van der Waals surface area contributed by atoms with Crippen molar-refractivity contribution in [3.63, 3.8) is 0 Å². The van der Waals surface area contributed by atoms with Gasteiger partial charge in [0.25, 0.3) is 10.0 Å². The summed E-state index contributed by atoms with van der Waals surface area (Å²) in [5, 5.41) is 7.30. The van der Waals surface area contributed by atoms with Crippen LogP contribution in [0.25, 0.3) is 0 Å². The Bertz CT molecular complexity index is 667. The minimum absolute atomic E-state index is 0.123. The number of anilines is 1. The fourth-order valence-electron chi connectivity index (χ4n) is 1.69. The van der Waals surface area contributed by atoms with Crippen molar-refractivity contribution in [3.8, 4) is 0 Å². The quantitative estimate of drug-likeness (QED) is 0.799. The van der Waals surface area contributed by atoms with Crippen molar-refractivity contribution in [1.82, 2.24) is 20.1 Å². The molecule has 2 aromatic heterocycles. The second kappa shape index (κ2) is 6.68. The van der Waals surface area contributed by atoms with Crippen molar-refractivity contribution in [2.45, 2.75) is 31.3 Å². The molecule has 2 aromatic rings. The summed E-state index contributed by atoms with van der Waals surface area (Å²) in [6, 6.07) is 5.41. The molecule has 114 valence electrons. The predicted octanol–water partition coefficient (Wildman–Crippen LogP) is 1.08. The zero-order valence-corrected chi connectivity index (χ0v) is 12.8. The first-order valence-corrected chi connectivity index (χ1v) is 8.15. The summed E-state index contributed by atoms with van der Waals surface area (Å²) in [7, 11) is -3.65. The van der Waals surface area contributed by atoms with Gasteiger partial charge in [0.05, 0.1) is 12.7 Å². The van der Waals surface area contributed by atoms with Crippen LogP contribution in [0.2, 0.25) is 0 Å². The normalized spacial score (nSPS) is 11.8. The first-order valence-electron chi connectivity index (χ1n) is 6.67. The molecule has 0 bridgehead atoms. The number of rotatable bonds is 7. The molecule has 0 aliphatic rings. The van der Waals surface area contributed by atoms with E-state index in [9.17, 15) is 8.42 Å². The lowest BCUT2D eigenvalue weighted by Crippen LogP contribution is -2.26. The molecule has 0 atom stereocenters. The fourth-order valence-corrected chi connectivity index (χ4v) is 2.65. The smallest absolute Gasteiger partial charge is 0.266 e. The van der Waals surface area contributed by atoms with E-state index < -0.39 is 10.0 Å². The van der Waals surface area contributed by atoms with Gasteiger partial charge in [-0.1, -0.05) is 19.9 Å². The molecule has 0 radical (unpaired) electrons. The van der Waals surface area contributed by atoms with Crippen LogP contribution in [-0.2, 0) is 16.6 Å². The molecule has 2 N–H and O–H groups in total. The van der Waals surface area contributed by atoms with Crippen LogP contribution in [0.3, 0.4) is 0 Å². The number of pyridine rings is 1. The highest BCUT2D eigenvalue weighted by atomic mass is 32.2. The maximum Gasteiger partial charge on any atom is 0.266 e. The Hall–Kier alpha value is -1.93. The van der Waals surface area contributed by atoms with Gasteiger partial charge in [0.2, 0.25) is 0 Å². The highest BCUT2D eigenvalue weighted by Crippen LogP contribution is 2.12. The van der Waals surface area contributed by atoms with Crippen molar-refractivity contribution in [2.24, 2.45) is 0 Å². The van der Waals surface area contributed by atoms with Crippen LogP contribution in [0.1, 0.15) is 13.8 Å². The van der Waals surface area contributed by atoms with Gasteiger partial charge in [0.1, 0.15) is 10.7 Å². The lowest BCUT2D eigenvalue weighted by Gasteiger charge is -2.07. The summed E-state index contributed by atoms with van der Waals surface area (Å²) < 4.78 is 28.4. The van der Waals surface area contributed by atoms with Crippen molar-refractivity contribution in [1.29, 1.82) is 0 Å². The van der Waals surface area contributed by atoms with E-state index in [1.165, 1.54) is 18.6 Å². The molecule has 0 aliphatic carbocycles. The maximum atomic E-state index is 12.2. The van der Waals surface area contributed by atoms with Crippen LogP contribution in [0, 0.1) is 0 Å². The lowest BCUT2D eigenvalue weighted by molar-refractivity contribution is 0.515. The third-order valence-corrected chi connectivity index (χ3v) is 4.03. The van der Waals surface area contributed by atoms with Gasteiger partial charge in [0, 0.05) is 25.0 Å². The summed E-state index contributed by atoms with van der Waals surface area (Å²) in [4.78, 5) is 4.06. The van der Waals surface area contributed by atoms with E-state index in [0.717, 1.165) is 6.54 Å². The zero-order chi connectivity index (χ0) is 15.3. The van der Waals surface area contributed by atoms with Crippen LogP contribution in [-0.4, -0.2) is 35.8 Å². The molecule has 0 aliphatic heterocycles. The van der Waals surface area contributed by atoms with Crippen LogP contribution in [0.15, 0.2) is 41.7 Å². The zero-order valence-electron chi connectivity index (χ0n) is 12.0. The molecule has 0 spiro atoms. The molecule has 0 unspecified atom stereocenters. The van der Waals surface area contributed by atoms with Crippen LogP contribution < -0.4 is 10.0 Å². The fraction of sp³-hybridized carbons (Fsp3) is 0.385. The Labute approximate surface area is 124 Å². The minimum atomic E-state index is -3.65. The van der Waals surface area contributed by atoms with Gasteiger partial charge in [-0.05, 0) is 12.1 Å². The predicted molar refractivity (Wildman–Crippen MR) is 80.4 cm³/mol. The van der Waals surface area contributed by atoms with E-state index in [-0.39, 0.29) is 10.7 Å². The van der Waals surface area contributed by atoms with Gasteiger partial charge in [-0.2, -0.15) is 5.10 Å². The van der Waals surface area contributed by atoms with E-state index in [2.05, 4.69) is 34.0 Å². The van der Waals surface area contributed by atoms with Gasteiger partial charge in [0.15, 0.2) is 0 Å². The van der Waals surface area contributed by atoms with E-state index in [0.29, 0.717) is 12.6 Å². The second-order valence-electron chi connectivity index (χ2n) is 4.87. The lowest BCUT2D eigenvalue weighted by atomic mass is 10.4. The summed E-state index contributed by atoms with van der Waals surface area (Å²) in [5.74, 6) is 0.284. The van der Waals surface area contributed by atoms with E-state index in [1.54, 1.807) is 22.9 Å². The Morgan fingerprint density at radius 1 is 1.33 bits per heavy atom. The van der Waals surface area contributed by atoms with Gasteiger partial charge in [-0.15, -0.1) is 0 Å². The molecule has 7 nitrogen and oxygen atoms in total. The molecule has 0 saturated carbocycles. The second-order valence-corrected chi connectivity index (χ2v) is 6.55. The summed E-state index contributed by atoms with van der Waals surface area (Å²) in [6.45, 7) is 5.44. The van der Waals surface area contributed by atoms with Gasteiger partial charge < -0.3 is 5.32 Å². The van der Waals surface area contributed by atoms with Crippen molar-refractivity contribution in [3.05, 3.63) is 36.8 Å².